The predicted octanol–water partition coefficient (Wildman–Crippen LogP) is -1.02. The van der Waals surface area contributed by atoms with Crippen LogP contribution in [0.1, 0.15) is 41.4 Å². The van der Waals surface area contributed by atoms with Crippen molar-refractivity contribution in [1.82, 2.24) is 3.11 Å². The van der Waals surface area contributed by atoms with Gasteiger partial charge in [0.15, 0.2) is 0 Å². The molecule has 0 unspecified atom stereocenters. The van der Waals surface area contributed by atoms with Crippen LogP contribution in [0.5, 0.6) is 0 Å². The molecular weight excluding hydrogens is 421 g/mol. The van der Waals surface area contributed by atoms with Crippen LogP contribution < -0.4 is 21.5 Å². The molecule has 6 heteroatoms. The first kappa shape index (κ1) is 15.2. The predicted molar refractivity (Wildman–Crippen MR) is 80.4 cm³/mol. The van der Waals surface area contributed by atoms with Gasteiger partial charge < -0.3 is 0 Å². The molecule has 1 aliphatic carbocycles. The number of hydrogen-bond donors (Lipinski definition) is 0. The molecule has 2 aromatic rings. The van der Waals surface area contributed by atoms with Crippen molar-refractivity contribution in [2.45, 2.75) is 0 Å². The molecule has 120 valence electrons. The van der Waals surface area contributed by atoms with Gasteiger partial charge in [-0.2, -0.15) is 0 Å². The van der Waals surface area contributed by atoms with Crippen LogP contribution in [0.15, 0.2) is 48.5 Å². The van der Waals surface area contributed by atoms with Crippen LogP contribution in [0, 0.1) is 5.92 Å². The van der Waals surface area contributed by atoms with Gasteiger partial charge in [0.1, 0.15) is 0 Å². The second-order valence-electron chi connectivity index (χ2n) is 5.54. The molecule has 2 aromatic carbocycles. The van der Waals surface area contributed by atoms with E-state index >= 15 is 0 Å². The number of nitrogens with zero attached hydrogens (tertiary/aromatic N) is 1. The first-order valence-electron chi connectivity index (χ1n) is 7.34. The standard InChI is InChI=1S/C18H11INO4/c21-15-10-5-1-2-6-11(10)16(22)14(15)9-19-20-17(23)12-7-3-4-8-13(12)18(20)24/h1-8,14H,9H2/q-1. The van der Waals surface area contributed by atoms with Gasteiger partial charge in [-0.15, -0.1) is 0 Å². The number of carbonyl (C=O) groups excluding carboxylic acids is 4. The Morgan fingerprint density at radius 2 is 1.12 bits per heavy atom. The summed E-state index contributed by atoms with van der Waals surface area (Å²) in [7, 11) is 0. The quantitative estimate of drug-likeness (QED) is 0.205. The number of carbonyl (C=O) groups is 4. The van der Waals surface area contributed by atoms with Crippen molar-refractivity contribution in [3.8, 4) is 0 Å². The number of ketones is 2. The maximum absolute atomic E-state index is 12.4. The van der Waals surface area contributed by atoms with E-state index in [0.717, 1.165) is 0 Å². The molecule has 24 heavy (non-hydrogen) atoms. The molecular formula is C18H11INO4-. The van der Waals surface area contributed by atoms with Crippen LogP contribution in [0.4, 0.5) is 0 Å². The first-order chi connectivity index (χ1) is 11.6. The molecule has 0 atom stereocenters. The van der Waals surface area contributed by atoms with E-state index in [1.807, 2.05) is 0 Å². The van der Waals surface area contributed by atoms with Crippen molar-refractivity contribution in [3.05, 3.63) is 70.8 Å². The molecule has 0 saturated heterocycles. The van der Waals surface area contributed by atoms with Crippen LogP contribution in [0.25, 0.3) is 0 Å². The Morgan fingerprint density at radius 3 is 1.58 bits per heavy atom. The van der Waals surface area contributed by atoms with Gasteiger partial charge in [0.25, 0.3) is 0 Å². The Labute approximate surface area is 148 Å². The number of hydrogen-bond acceptors (Lipinski definition) is 4. The molecule has 1 heterocycles. The van der Waals surface area contributed by atoms with E-state index in [9.17, 15) is 19.2 Å². The van der Waals surface area contributed by atoms with Crippen molar-refractivity contribution < 1.29 is 40.7 Å². The van der Waals surface area contributed by atoms with Gasteiger partial charge in [0, 0.05) is 0 Å². The number of fused-ring (bicyclic) bond motifs is 2. The zero-order valence-electron chi connectivity index (χ0n) is 12.4. The van der Waals surface area contributed by atoms with Crippen LogP contribution in [-0.2, 0) is 0 Å². The molecule has 2 amide bonds. The normalized spacial score (nSPS) is 16.9. The topological polar surface area (TPSA) is 71.5 Å². The molecule has 5 nitrogen and oxygen atoms in total. The average Bonchev–Trinajstić information content (AvgIpc) is 3.00. The molecule has 0 bridgehead atoms. The van der Waals surface area contributed by atoms with Gasteiger partial charge in [-0.25, -0.2) is 0 Å². The van der Waals surface area contributed by atoms with E-state index in [1.54, 1.807) is 48.5 Å². The second-order valence-corrected chi connectivity index (χ2v) is 8.07. The van der Waals surface area contributed by atoms with Gasteiger partial charge in [0.05, 0.1) is 0 Å². The summed E-state index contributed by atoms with van der Waals surface area (Å²) in [4.78, 5) is 49.5. The molecule has 0 spiro atoms. The number of halogens is 1. The van der Waals surface area contributed by atoms with E-state index in [0.29, 0.717) is 22.3 Å². The van der Waals surface area contributed by atoms with E-state index in [1.165, 1.54) is 3.11 Å². The van der Waals surface area contributed by atoms with Gasteiger partial charge >= 0.3 is 148 Å². The summed E-state index contributed by atoms with van der Waals surface area (Å²) in [6.07, 6.45) is 0. The van der Waals surface area contributed by atoms with Gasteiger partial charge in [-0.1, -0.05) is 0 Å². The summed E-state index contributed by atoms with van der Waals surface area (Å²) in [6.45, 7) is 0. The van der Waals surface area contributed by atoms with E-state index in [4.69, 9.17) is 0 Å². The second kappa shape index (κ2) is 5.62. The summed E-state index contributed by atoms with van der Waals surface area (Å²) in [5, 5.41) is 0. The van der Waals surface area contributed by atoms with Crippen molar-refractivity contribution in [2.24, 2.45) is 5.92 Å². The minimum atomic E-state index is -1.09. The number of benzene rings is 2. The van der Waals surface area contributed by atoms with Crippen LogP contribution in [-0.4, -0.2) is 30.9 Å². The Morgan fingerprint density at radius 1 is 0.708 bits per heavy atom. The number of imide groups is 1. The maximum atomic E-state index is 12.4. The molecule has 1 aliphatic heterocycles. The van der Waals surface area contributed by atoms with Gasteiger partial charge in [-0.3, -0.25) is 0 Å². The molecule has 0 fully saturated rings. The summed E-state index contributed by atoms with van der Waals surface area (Å²) in [5.41, 5.74) is 1.68. The Bertz CT molecular complexity index is 775. The Kier molecular flexibility index (Phi) is 3.56. The Hall–Kier alpha value is -2.35. The summed E-state index contributed by atoms with van der Waals surface area (Å²) < 4.78 is 1.49. The van der Waals surface area contributed by atoms with E-state index in [2.05, 4.69) is 0 Å². The third-order valence-corrected chi connectivity index (χ3v) is 7.01. The summed E-state index contributed by atoms with van der Waals surface area (Å²) >= 11 is -1.09. The first-order valence-corrected chi connectivity index (χ1v) is 9.83. The summed E-state index contributed by atoms with van der Waals surface area (Å²) in [6, 6.07) is 13.4. The third kappa shape index (κ3) is 2.13. The van der Waals surface area contributed by atoms with Crippen LogP contribution in [0.3, 0.4) is 0 Å². The number of alkyl halides is 1. The van der Waals surface area contributed by atoms with Crippen molar-refractivity contribution in [3.63, 3.8) is 0 Å². The molecule has 0 N–H and O–H groups in total. The SMILES string of the molecule is O=C1c2ccccc2C(=O)C1C[I-]N1C(=O)c2ccccc2C1=O. The van der Waals surface area contributed by atoms with Gasteiger partial charge in [0.2, 0.25) is 0 Å². The average molecular weight is 432 g/mol. The van der Waals surface area contributed by atoms with Crippen molar-refractivity contribution in [2.75, 3.05) is 4.43 Å². The number of amides is 2. The monoisotopic (exact) mass is 432 g/mol. The van der Waals surface area contributed by atoms with Gasteiger partial charge in [-0.05, 0) is 0 Å². The molecule has 2 aliphatic rings. The zero-order chi connectivity index (χ0) is 16.8. The van der Waals surface area contributed by atoms with E-state index < -0.39 is 27.4 Å². The van der Waals surface area contributed by atoms with Crippen molar-refractivity contribution in [1.29, 1.82) is 0 Å². The van der Waals surface area contributed by atoms with Crippen LogP contribution in [0.2, 0.25) is 0 Å². The third-order valence-electron chi connectivity index (χ3n) is 4.18. The fourth-order valence-electron chi connectivity index (χ4n) is 2.95. The Balaban J connectivity index is 1.53. The fraction of sp³-hybridized carbons (Fsp3) is 0.111. The molecule has 4 rings (SSSR count). The number of rotatable bonds is 3. The van der Waals surface area contributed by atoms with Crippen LogP contribution >= 0.6 is 0 Å². The zero-order valence-corrected chi connectivity index (χ0v) is 14.5. The molecule has 0 radical (unpaired) electrons. The molecule has 0 saturated carbocycles. The molecule has 0 aromatic heterocycles. The minimum absolute atomic E-state index is 0.202. The fourth-order valence-corrected chi connectivity index (χ4v) is 5.68. The summed E-state index contributed by atoms with van der Waals surface area (Å²) in [5.74, 6) is -1.81. The van der Waals surface area contributed by atoms with E-state index in [-0.39, 0.29) is 27.8 Å². The number of Topliss-reactive ketones (excluding diaryl/α,β-unsaturated/α-hetero) is 2. The van der Waals surface area contributed by atoms with Crippen molar-refractivity contribution >= 4 is 23.4 Å².